The predicted octanol–water partition coefficient (Wildman–Crippen LogP) is 3.97. The maximum absolute atomic E-state index is 5.91. The van der Waals surface area contributed by atoms with E-state index in [1.807, 2.05) is 0 Å². The molecule has 0 bridgehead atoms. The number of rotatable bonds is 8. The van der Waals surface area contributed by atoms with Crippen molar-refractivity contribution in [1.29, 1.82) is 0 Å². The summed E-state index contributed by atoms with van der Waals surface area (Å²) in [6.07, 6.45) is 7.68. The molecule has 0 aliphatic rings. The highest BCUT2D eigenvalue weighted by Crippen LogP contribution is 2.24. The van der Waals surface area contributed by atoms with Gasteiger partial charge in [0.2, 0.25) is 0 Å². The van der Waals surface area contributed by atoms with Gasteiger partial charge in [0.1, 0.15) is 0 Å². The molecule has 0 radical (unpaired) electrons. The van der Waals surface area contributed by atoms with Gasteiger partial charge in [-0.2, -0.15) is 0 Å². The molecule has 3 unspecified atom stereocenters. The summed E-state index contributed by atoms with van der Waals surface area (Å²) in [5.41, 5.74) is 5.91. The van der Waals surface area contributed by atoms with Crippen molar-refractivity contribution in [3.8, 4) is 0 Å². The molecule has 0 saturated carbocycles. The first kappa shape index (κ1) is 14.0. The molecule has 0 heterocycles. The molecular weight excluding hydrogens is 170 g/mol. The molecule has 1 nitrogen and oxygen atoms in total. The van der Waals surface area contributed by atoms with Gasteiger partial charge < -0.3 is 5.73 Å². The molecule has 14 heavy (non-hydrogen) atoms. The zero-order chi connectivity index (χ0) is 11.0. The Morgan fingerprint density at radius 2 is 1.57 bits per heavy atom. The molecule has 0 fully saturated rings. The van der Waals surface area contributed by atoms with Crippen molar-refractivity contribution < 1.29 is 0 Å². The Morgan fingerprint density at radius 3 is 2.00 bits per heavy atom. The second-order valence-electron chi connectivity index (χ2n) is 4.65. The zero-order valence-corrected chi connectivity index (χ0v) is 10.6. The summed E-state index contributed by atoms with van der Waals surface area (Å²) < 4.78 is 0. The fourth-order valence-electron chi connectivity index (χ4n) is 2.07. The molecule has 86 valence electrons. The zero-order valence-electron chi connectivity index (χ0n) is 10.6. The van der Waals surface area contributed by atoms with Gasteiger partial charge in [-0.05, 0) is 24.7 Å². The SMILES string of the molecule is CCC(N)CCCC(CC)C(C)CC. The van der Waals surface area contributed by atoms with E-state index in [0.29, 0.717) is 6.04 Å². The van der Waals surface area contributed by atoms with Gasteiger partial charge >= 0.3 is 0 Å². The Balaban J connectivity index is 3.62. The molecule has 0 rings (SSSR count). The summed E-state index contributed by atoms with van der Waals surface area (Å²) in [7, 11) is 0. The van der Waals surface area contributed by atoms with Crippen molar-refractivity contribution in [1.82, 2.24) is 0 Å². The van der Waals surface area contributed by atoms with Crippen LogP contribution in [-0.2, 0) is 0 Å². The second kappa shape index (κ2) is 8.28. The number of hydrogen-bond donors (Lipinski definition) is 1. The summed E-state index contributed by atoms with van der Waals surface area (Å²) in [6, 6.07) is 0.435. The minimum absolute atomic E-state index is 0.435. The van der Waals surface area contributed by atoms with E-state index in [0.717, 1.165) is 18.3 Å². The van der Waals surface area contributed by atoms with Crippen LogP contribution >= 0.6 is 0 Å². The average molecular weight is 199 g/mol. The smallest absolute Gasteiger partial charge is 0.00362 e. The fourth-order valence-corrected chi connectivity index (χ4v) is 2.07. The Morgan fingerprint density at radius 1 is 0.929 bits per heavy atom. The molecule has 0 saturated heterocycles. The lowest BCUT2D eigenvalue weighted by atomic mass is 9.85. The van der Waals surface area contributed by atoms with Gasteiger partial charge in [-0.1, -0.05) is 53.4 Å². The third-order valence-corrected chi connectivity index (χ3v) is 3.65. The van der Waals surface area contributed by atoms with E-state index < -0.39 is 0 Å². The lowest BCUT2D eigenvalue weighted by Gasteiger charge is -2.21. The van der Waals surface area contributed by atoms with Crippen LogP contribution in [0.3, 0.4) is 0 Å². The minimum atomic E-state index is 0.435. The van der Waals surface area contributed by atoms with Crippen LogP contribution < -0.4 is 5.73 Å². The van der Waals surface area contributed by atoms with Crippen molar-refractivity contribution in [2.75, 3.05) is 0 Å². The average Bonchev–Trinajstić information content (AvgIpc) is 2.22. The molecule has 0 aromatic carbocycles. The third kappa shape index (κ3) is 5.64. The third-order valence-electron chi connectivity index (χ3n) is 3.65. The summed E-state index contributed by atoms with van der Waals surface area (Å²) in [5.74, 6) is 1.81. The Labute approximate surface area is 90.5 Å². The van der Waals surface area contributed by atoms with Crippen LogP contribution in [0.5, 0.6) is 0 Å². The normalized spacial score (nSPS) is 17.8. The first-order valence-corrected chi connectivity index (χ1v) is 6.41. The largest absolute Gasteiger partial charge is 0.328 e. The van der Waals surface area contributed by atoms with Gasteiger partial charge in [-0.3, -0.25) is 0 Å². The van der Waals surface area contributed by atoms with Crippen LogP contribution in [0, 0.1) is 11.8 Å². The van der Waals surface area contributed by atoms with E-state index in [1.165, 1.54) is 32.1 Å². The van der Waals surface area contributed by atoms with E-state index in [9.17, 15) is 0 Å². The molecule has 0 aliphatic carbocycles. The molecule has 0 aromatic heterocycles. The Hall–Kier alpha value is -0.0400. The summed E-state index contributed by atoms with van der Waals surface area (Å²) in [6.45, 7) is 9.17. The van der Waals surface area contributed by atoms with E-state index in [-0.39, 0.29) is 0 Å². The standard InChI is InChI=1S/C13H29N/c1-5-11(4)12(6-2)9-8-10-13(14)7-3/h11-13H,5-10,14H2,1-4H3. The van der Waals surface area contributed by atoms with E-state index in [4.69, 9.17) is 5.73 Å². The Bertz CT molecular complexity index is 122. The topological polar surface area (TPSA) is 26.0 Å². The van der Waals surface area contributed by atoms with Crippen LogP contribution in [-0.4, -0.2) is 6.04 Å². The van der Waals surface area contributed by atoms with Crippen LogP contribution in [0.2, 0.25) is 0 Å². The number of hydrogen-bond acceptors (Lipinski definition) is 1. The van der Waals surface area contributed by atoms with Crippen molar-refractivity contribution in [3.63, 3.8) is 0 Å². The summed E-state index contributed by atoms with van der Waals surface area (Å²) in [5, 5.41) is 0. The minimum Gasteiger partial charge on any atom is -0.328 e. The van der Waals surface area contributed by atoms with Gasteiger partial charge in [0, 0.05) is 6.04 Å². The van der Waals surface area contributed by atoms with Crippen LogP contribution in [0.4, 0.5) is 0 Å². The highest BCUT2D eigenvalue weighted by atomic mass is 14.6. The van der Waals surface area contributed by atoms with Crippen molar-refractivity contribution >= 4 is 0 Å². The van der Waals surface area contributed by atoms with Crippen LogP contribution in [0.1, 0.15) is 66.2 Å². The second-order valence-corrected chi connectivity index (χ2v) is 4.65. The van der Waals surface area contributed by atoms with Gasteiger partial charge in [-0.25, -0.2) is 0 Å². The molecule has 2 N–H and O–H groups in total. The van der Waals surface area contributed by atoms with Crippen molar-refractivity contribution in [2.24, 2.45) is 17.6 Å². The maximum Gasteiger partial charge on any atom is 0.00362 e. The van der Waals surface area contributed by atoms with Crippen LogP contribution in [0.15, 0.2) is 0 Å². The van der Waals surface area contributed by atoms with Crippen molar-refractivity contribution in [3.05, 3.63) is 0 Å². The molecule has 3 atom stereocenters. The molecular formula is C13H29N. The first-order valence-electron chi connectivity index (χ1n) is 6.41. The van der Waals surface area contributed by atoms with Gasteiger partial charge in [0.25, 0.3) is 0 Å². The maximum atomic E-state index is 5.91. The van der Waals surface area contributed by atoms with E-state index in [2.05, 4.69) is 27.7 Å². The van der Waals surface area contributed by atoms with Gasteiger partial charge in [0.05, 0.1) is 0 Å². The molecule has 1 heteroatoms. The first-order chi connectivity index (χ1) is 6.65. The summed E-state index contributed by atoms with van der Waals surface area (Å²) in [4.78, 5) is 0. The van der Waals surface area contributed by atoms with Crippen molar-refractivity contribution in [2.45, 2.75) is 72.3 Å². The summed E-state index contributed by atoms with van der Waals surface area (Å²) >= 11 is 0. The van der Waals surface area contributed by atoms with Gasteiger partial charge in [-0.15, -0.1) is 0 Å². The highest BCUT2D eigenvalue weighted by Gasteiger charge is 2.13. The predicted molar refractivity (Wildman–Crippen MR) is 65.4 cm³/mol. The number of nitrogens with two attached hydrogens (primary N) is 1. The molecule has 0 amide bonds. The van der Waals surface area contributed by atoms with E-state index >= 15 is 0 Å². The van der Waals surface area contributed by atoms with Crippen LogP contribution in [0.25, 0.3) is 0 Å². The lowest BCUT2D eigenvalue weighted by Crippen LogP contribution is -2.19. The fraction of sp³-hybridized carbons (Fsp3) is 1.00. The van der Waals surface area contributed by atoms with Gasteiger partial charge in [0.15, 0.2) is 0 Å². The Kier molecular flexibility index (Phi) is 8.26. The monoisotopic (exact) mass is 199 g/mol. The molecule has 0 spiro atoms. The lowest BCUT2D eigenvalue weighted by molar-refractivity contribution is 0.304. The van der Waals surface area contributed by atoms with E-state index in [1.54, 1.807) is 0 Å². The highest BCUT2D eigenvalue weighted by molar-refractivity contribution is 4.66. The molecule has 0 aliphatic heterocycles. The quantitative estimate of drug-likeness (QED) is 0.629. The molecule has 0 aromatic rings.